The Balaban J connectivity index is 1.93. The number of nitrogens with zero attached hydrogens (tertiary/aromatic N) is 3. The van der Waals surface area contributed by atoms with Crippen molar-refractivity contribution in [1.82, 2.24) is 20.1 Å². The van der Waals surface area contributed by atoms with Crippen LogP contribution in [0.15, 0.2) is 28.9 Å². The summed E-state index contributed by atoms with van der Waals surface area (Å²) in [6.45, 7) is 7.25. The molecule has 0 aliphatic carbocycles. The number of fused-ring (bicyclic) bond motifs is 3. The second-order valence-corrected chi connectivity index (χ2v) is 6.60. The van der Waals surface area contributed by atoms with Gasteiger partial charge in [-0.1, -0.05) is 5.16 Å². The number of pyridine rings is 2. The summed E-state index contributed by atoms with van der Waals surface area (Å²) in [5.74, 6) is 0.771. The van der Waals surface area contributed by atoms with E-state index < -0.39 is 5.60 Å². The molecule has 0 bridgehead atoms. The monoisotopic (exact) mass is 322 g/mol. The van der Waals surface area contributed by atoms with Crippen LogP contribution >= 0.6 is 0 Å². The summed E-state index contributed by atoms with van der Waals surface area (Å²) in [6, 6.07) is 5.80. The molecule has 0 saturated carbocycles. The van der Waals surface area contributed by atoms with E-state index in [1.807, 2.05) is 38.2 Å². The molecular weight excluding hydrogens is 304 g/mol. The smallest absolute Gasteiger partial charge is 0.141 e. The maximum atomic E-state index is 10.1. The fraction of sp³-hybridized carbons (Fsp3) is 0.278. The molecule has 0 amide bonds. The molecule has 0 saturated heterocycles. The maximum Gasteiger partial charge on any atom is 0.141 e. The molecule has 6 heteroatoms. The van der Waals surface area contributed by atoms with Gasteiger partial charge in [-0.05, 0) is 45.9 Å². The Kier molecular flexibility index (Phi) is 3.02. The summed E-state index contributed by atoms with van der Waals surface area (Å²) < 4.78 is 5.25. The SMILES string of the molecule is Cc1noc(C)c1-c1cnc2c(c1)[nH]c1nc(C(C)(C)O)ccc12. The molecule has 0 radical (unpaired) electrons. The van der Waals surface area contributed by atoms with E-state index in [-0.39, 0.29) is 0 Å². The first kappa shape index (κ1) is 14.8. The van der Waals surface area contributed by atoms with E-state index in [1.54, 1.807) is 13.8 Å². The third-order valence-corrected chi connectivity index (χ3v) is 4.24. The summed E-state index contributed by atoms with van der Waals surface area (Å²) in [4.78, 5) is 12.4. The van der Waals surface area contributed by atoms with Gasteiger partial charge >= 0.3 is 0 Å². The quantitative estimate of drug-likeness (QED) is 0.588. The van der Waals surface area contributed by atoms with Crippen molar-refractivity contribution >= 4 is 22.1 Å². The van der Waals surface area contributed by atoms with Crippen molar-refractivity contribution in [3.8, 4) is 11.1 Å². The fourth-order valence-corrected chi connectivity index (χ4v) is 3.02. The number of nitrogens with one attached hydrogen (secondary N) is 1. The topological polar surface area (TPSA) is 87.8 Å². The molecule has 0 aliphatic rings. The van der Waals surface area contributed by atoms with E-state index in [1.165, 1.54) is 0 Å². The molecule has 24 heavy (non-hydrogen) atoms. The molecule has 0 atom stereocenters. The lowest BCUT2D eigenvalue weighted by Gasteiger charge is -2.15. The van der Waals surface area contributed by atoms with Gasteiger partial charge in [-0.15, -0.1) is 0 Å². The Hall–Kier alpha value is -2.73. The highest BCUT2D eigenvalue weighted by molar-refractivity contribution is 6.04. The minimum Gasteiger partial charge on any atom is -0.384 e. The molecule has 4 aromatic heterocycles. The van der Waals surface area contributed by atoms with Crippen LogP contribution in [0.2, 0.25) is 0 Å². The third-order valence-electron chi connectivity index (χ3n) is 4.24. The molecule has 0 unspecified atom stereocenters. The largest absolute Gasteiger partial charge is 0.384 e. The lowest BCUT2D eigenvalue weighted by molar-refractivity contribution is 0.0742. The summed E-state index contributed by atoms with van der Waals surface area (Å²) in [7, 11) is 0. The number of aliphatic hydroxyl groups is 1. The van der Waals surface area contributed by atoms with Gasteiger partial charge in [0.25, 0.3) is 0 Å². The van der Waals surface area contributed by atoms with E-state index in [0.29, 0.717) is 11.3 Å². The van der Waals surface area contributed by atoms with Crippen molar-refractivity contribution in [3.63, 3.8) is 0 Å². The fourth-order valence-electron chi connectivity index (χ4n) is 3.02. The number of H-pyrrole nitrogens is 1. The first-order valence-corrected chi connectivity index (χ1v) is 7.79. The number of aryl methyl sites for hydroxylation is 2. The standard InChI is InChI=1S/C18H18N4O2/c1-9-15(10(2)24-22-9)11-7-13-16(19-8-11)12-5-6-14(18(3,4)23)21-17(12)20-13/h5-8,23H,1-4H3,(H,20,21). The zero-order valence-electron chi connectivity index (χ0n) is 14.0. The summed E-state index contributed by atoms with van der Waals surface area (Å²) in [5.41, 5.74) is 4.85. The van der Waals surface area contributed by atoms with Crippen LogP contribution in [-0.4, -0.2) is 25.2 Å². The molecule has 0 aromatic carbocycles. The van der Waals surface area contributed by atoms with E-state index in [2.05, 4.69) is 20.1 Å². The second kappa shape index (κ2) is 4.88. The van der Waals surface area contributed by atoms with Gasteiger partial charge < -0.3 is 14.6 Å². The Morgan fingerprint density at radius 3 is 2.67 bits per heavy atom. The second-order valence-electron chi connectivity index (χ2n) is 6.60. The number of hydrogen-bond acceptors (Lipinski definition) is 5. The van der Waals surface area contributed by atoms with Crippen LogP contribution in [0.4, 0.5) is 0 Å². The number of hydrogen-bond donors (Lipinski definition) is 2. The molecule has 4 rings (SSSR count). The number of aromatic nitrogens is 4. The van der Waals surface area contributed by atoms with Gasteiger partial charge in [-0.3, -0.25) is 4.98 Å². The lowest BCUT2D eigenvalue weighted by atomic mass is 10.0. The molecular formula is C18H18N4O2. The van der Waals surface area contributed by atoms with Gasteiger partial charge in [-0.25, -0.2) is 4.98 Å². The van der Waals surface area contributed by atoms with Crippen LogP contribution in [0.1, 0.15) is 31.0 Å². The molecule has 0 fully saturated rings. The van der Waals surface area contributed by atoms with E-state index in [4.69, 9.17) is 4.52 Å². The van der Waals surface area contributed by atoms with Crippen molar-refractivity contribution in [2.24, 2.45) is 0 Å². The minimum atomic E-state index is -0.985. The van der Waals surface area contributed by atoms with Crippen molar-refractivity contribution in [2.75, 3.05) is 0 Å². The van der Waals surface area contributed by atoms with Gasteiger partial charge in [0.2, 0.25) is 0 Å². The molecule has 0 spiro atoms. The highest BCUT2D eigenvalue weighted by atomic mass is 16.5. The van der Waals surface area contributed by atoms with Crippen LogP contribution in [0.3, 0.4) is 0 Å². The predicted octanol–water partition coefficient (Wildman–Crippen LogP) is 3.61. The minimum absolute atomic E-state index is 0.618. The van der Waals surface area contributed by atoms with Gasteiger partial charge in [0, 0.05) is 22.7 Å². The Morgan fingerprint density at radius 1 is 1.21 bits per heavy atom. The van der Waals surface area contributed by atoms with Crippen LogP contribution < -0.4 is 0 Å². The predicted molar refractivity (Wildman–Crippen MR) is 91.6 cm³/mol. The summed E-state index contributed by atoms with van der Waals surface area (Å²) >= 11 is 0. The average Bonchev–Trinajstić information content (AvgIpc) is 3.04. The van der Waals surface area contributed by atoms with Gasteiger partial charge in [-0.2, -0.15) is 0 Å². The first-order valence-electron chi connectivity index (χ1n) is 7.79. The summed E-state index contributed by atoms with van der Waals surface area (Å²) in [6.07, 6.45) is 1.83. The molecule has 6 nitrogen and oxygen atoms in total. The van der Waals surface area contributed by atoms with Crippen molar-refractivity contribution in [2.45, 2.75) is 33.3 Å². The van der Waals surface area contributed by atoms with E-state index >= 15 is 0 Å². The molecule has 2 N–H and O–H groups in total. The zero-order chi connectivity index (χ0) is 17.1. The first-order chi connectivity index (χ1) is 11.3. The van der Waals surface area contributed by atoms with Crippen LogP contribution in [-0.2, 0) is 5.60 Å². The highest BCUT2D eigenvalue weighted by Crippen LogP contribution is 2.31. The number of aromatic amines is 1. The van der Waals surface area contributed by atoms with Gasteiger partial charge in [0.05, 0.1) is 22.4 Å². The highest BCUT2D eigenvalue weighted by Gasteiger charge is 2.19. The van der Waals surface area contributed by atoms with E-state index in [0.717, 1.165) is 39.0 Å². The Labute approximate surface area is 138 Å². The Morgan fingerprint density at radius 2 is 2.00 bits per heavy atom. The van der Waals surface area contributed by atoms with Crippen molar-refractivity contribution in [3.05, 3.63) is 41.5 Å². The summed E-state index contributed by atoms with van der Waals surface area (Å²) in [5, 5.41) is 15.1. The van der Waals surface area contributed by atoms with Gasteiger partial charge in [0.15, 0.2) is 0 Å². The normalized spacial score (nSPS) is 12.4. The van der Waals surface area contributed by atoms with E-state index in [9.17, 15) is 5.11 Å². The molecule has 122 valence electrons. The maximum absolute atomic E-state index is 10.1. The van der Waals surface area contributed by atoms with Crippen LogP contribution in [0.25, 0.3) is 33.2 Å². The zero-order valence-corrected chi connectivity index (χ0v) is 14.0. The van der Waals surface area contributed by atoms with Crippen LogP contribution in [0.5, 0.6) is 0 Å². The lowest BCUT2D eigenvalue weighted by Crippen LogP contribution is -2.17. The third kappa shape index (κ3) is 2.18. The molecule has 0 aliphatic heterocycles. The number of rotatable bonds is 2. The van der Waals surface area contributed by atoms with Crippen molar-refractivity contribution < 1.29 is 9.63 Å². The van der Waals surface area contributed by atoms with Crippen LogP contribution in [0, 0.1) is 13.8 Å². The van der Waals surface area contributed by atoms with Crippen molar-refractivity contribution in [1.29, 1.82) is 0 Å². The molecule has 4 aromatic rings. The Bertz CT molecular complexity index is 1050. The van der Waals surface area contributed by atoms with Gasteiger partial charge in [0.1, 0.15) is 17.0 Å². The molecule has 4 heterocycles. The average molecular weight is 322 g/mol.